The van der Waals surface area contributed by atoms with Crippen LogP contribution in [0.25, 0.3) is 0 Å². The third kappa shape index (κ3) is 2.11. The fraction of sp³-hybridized carbons (Fsp3) is 0.0769. The molecule has 2 aromatic rings. The molecule has 0 aliphatic rings. The molecular weight excluding hydrogens is 241 g/mol. The molecule has 2 N–H and O–H groups in total. The van der Waals surface area contributed by atoms with Crippen molar-refractivity contribution in [3.05, 3.63) is 53.8 Å². The van der Waals surface area contributed by atoms with Crippen LogP contribution in [0.4, 0.5) is 30.2 Å². The maximum absolute atomic E-state index is 13.7. The summed E-state index contributed by atoms with van der Waals surface area (Å²) in [7, 11) is 1.46. The fourth-order valence-electron chi connectivity index (χ4n) is 1.76. The molecule has 0 aliphatic heterocycles. The van der Waals surface area contributed by atoms with Crippen molar-refractivity contribution in [1.29, 1.82) is 0 Å². The quantitative estimate of drug-likeness (QED) is 0.829. The highest BCUT2D eigenvalue weighted by Crippen LogP contribution is 2.32. The van der Waals surface area contributed by atoms with Gasteiger partial charge in [0.1, 0.15) is 23.1 Å². The van der Waals surface area contributed by atoms with Gasteiger partial charge in [-0.2, -0.15) is 0 Å². The maximum atomic E-state index is 13.7. The molecule has 0 aliphatic carbocycles. The number of rotatable bonds is 2. The van der Waals surface area contributed by atoms with Gasteiger partial charge < -0.3 is 10.6 Å². The summed E-state index contributed by atoms with van der Waals surface area (Å²) in [6, 6.07) is 7.27. The van der Waals surface area contributed by atoms with Crippen molar-refractivity contribution in [1.82, 2.24) is 0 Å². The SMILES string of the molecule is CN(c1ccc(F)cc1F)c1c(N)cccc1F. The standard InChI is InChI=1S/C13H11F3N2/c1-18(12-6-5-8(14)7-10(12)16)13-9(15)3-2-4-11(13)17/h2-7H,17H2,1H3. The largest absolute Gasteiger partial charge is 0.397 e. The number of halogens is 3. The molecular formula is C13H11F3N2. The van der Waals surface area contributed by atoms with Crippen molar-refractivity contribution in [3.8, 4) is 0 Å². The molecule has 5 heteroatoms. The second-order valence-corrected chi connectivity index (χ2v) is 3.83. The van der Waals surface area contributed by atoms with Crippen molar-refractivity contribution in [3.63, 3.8) is 0 Å². The van der Waals surface area contributed by atoms with Crippen molar-refractivity contribution in [2.45, 2.75) is 0 Å². The average molecular weight is 252 g/mol. The number of anilines is 3. The summed E-state index contributed by atoms with van der Waals surface area (Å²) >= 11 is 0. The monoisotopic (exact) mass is 252 g/mol. The van der Waals surface area contributed by atoms with Crippen LogP contribution in [-0.4, -0.2) is 7.05 Å². The van der Waals surface area contributed by atoms with Crippen LogP contribution >= 0.6 is 0 Å². The third-order valence-electron chi connectivity index (χ3n) is 2.62. The van der Waals surface area contributed by atoms with E-state index >= 15 is 0 Å². The number of para-hydroxylation sites is 1. The summed E-state index contributed by atoms with van der Waals surface area (Å²) in [5, 5.41) is 0. The Kier molecular flexibility index (Phi) is 3.14. The number of nitrogens with zero attached hydrogens (tertiary/aromatic N) is 1. The van der Waals surface area contributed by atoms with Crippen LogP contribution in [0.15, 0.2) is 36.4 Å². The summed E-state index contributed by atoms with van der Waals surface area (Å²) in [5.74, 6) is -2.03. The first kappa shape index (κ1) is 12.3. The highest BCUT2D eigenvalue weighted by molar-refractivity contribution is 5.75. The van der Waals surface area contributed by atoms with E-state index in [1.165, 1.54) is 36.2 Å². The molecule has 0 heterocycles. The molecule has 0 amide bonds. The minimum Gasteiger partial charge on any atom is -0.397 e. The fourth-order valence-corrected chi connectivity index (χ4v) is 1.76. The summed E-state index contributed by atoms with van der Waals surface area (Å²) in [4.78, 5) is 1.25. The molecule has 0 bridgehead atoms. The van der Waals surface area contributed by atoms with Gasteiger partial charge in [0.2, 0.25) is 0 Å². The van der Waals surface area contributed by atoms with Gasteiger partial charge in [0.15, 0.2) is 0 Å². The number of nitrogens with two attached hydrogens (primary N) is 1. The Morgan fingerprint density at radius 2 is 1.72 bits per heavy atom. The normalized spacial score (nSPS) is 10.4. The molecule has 0 fully saturated rings. The molecule has 0 saturated heterocycles. The van der Waals surface area contributed by atoms with Crippen LogP contribution in [0, 0.1) is 17.5 Å². The van der Waals surface area contributed by atoms with E-state index in [1.54, 1.807) is 0 Å². The Labute approximate surface area is 102 Å². The summed E-state index contributed by atoms with van der Waals surface area (Å²) in [5.41, 5.74) is 5.95. The average Bonchev–Trinajstić information content (AvgIpc) is 2.28. The molecule has 94 valence electrons. The molecule has 2 nitrogen and oxygen atoms in total. The lowest BCUT2D eigenvalue weighted by atomic mass is 10.2. The highest BCUT2D eigenvalue weighted by Gasteiger charge is 2.16. The first-order chi connectivity index (χ1) is 8.50. The van der Waals surface area contributed by atoms with Gasteiger partial charge in [0, 0.05) is 13.1 Å². The van der Waals surface area contributed by atoms with Gasteiger partial charge in [0.05, 0.1) is 11.4 Å². The first-order valence-electron chi connectivity index (χ1n) is 5.23. The van der Waals surface area contributed by atoms with Gasteiger partial charge in [-0.3, -0.25) is 0 Å². The van der Waals surface area contributed by atoms with Gasteiger partial charge in [-0.05, 0) is 24.3 Å². The predicted octanol–water partition coefficient (Wildman–Crippen LogP) is 3.45. The Bertz CT molecular complexity index is 564. The van der Waals surface area contributed by atoms with Gasteiger partial charge in [0.25, 0.3) is 0 Å². The zero-order valence-electron chi connectivity index (χ0n) is 9.62. The minimum atomic E-state index is -0.778. The zero-order valence-corrected chi connectivity index (χ0v) is 9.62. The number of nitrogen functional groups attached to an aromatic ring is 1. The summed E-state index contributed by atoms with van der Waals surface area (Å²) < 4.78 is 40.1. The van der Waals surface area contributed by atoms with Crippen molar-refractivity contribution in [2.75, 3.05) is 17.7 Å². The molecule has 0 radical (unpaired) electrons. The predicted molar refractivity (Wildman–Crippen MR) is 65.2 cm³/mol. The molecule has 0 spiro atoms. The first-order valence-corrected chi connectivity index (χ1v) is 5.23. The molecule has 0 aromatic heterocycles. The lowest BCUT2D eigenvalue weighted by molar-refractivity contribution is 0.582. The highest BCUT2D eigenvalue weighted by atomic mass is 19.1. The van der Waals surface area contributed by atoms with Crippen molar-refractivity contribution < 1.29 is 13.2 Å². The Morgan fingerprint density at radius 1 is 1.00 bits per heavy atom. The van der Waals surface area contributed by atoms with Gasteiger partial charge in [-0.15, -0.1) is 0 Å². The smallest absolute Gasteiger partial charge is 0.149 e. The molecule has 0 atom stereocenters. The Balaban J connectivity index is 2.51. The van der Waals surface area contributed by atoms with Crippen LogP contribution < -0.4 is 10.6 Å². The van der Waals surface area contributed by atoms with Crippen molar-refractivity contribution in [2.24, 2.45) is 0 Å². The van der Waals surface area contributed by atoms with E-state index in [-0.39, 0.29) is 17.1 Å². The summed E-state index contributed by atoms with van der Waals surface area (Å²) in [6.07, 6.45) is 0. The number of hydrogen-bond acceptors (Lipinski definition) is 2. The van der Waals surface area contributed by atoms with Crippen LogP contribution in [0.5, 0.6) is 0 Å². The lowest BCUT2D eigenvalue weighted by Crippen LogP contribution is -2.15. The molecule has 0 unspecified atom stereocenters. The second kappa shape index (κ2) is 4.60. The topological polar surface area (TPSA) is 29.3 Å². The van der Waals surface area contributed by atoms with E-state index in [4.69, 9.17) is 5.73 Å². The van der Waals surface area contributed by atoms with E-state index in [9.17, 15) is 13.2 Å². The second-order valence-electron chi connectivity index (χ2n) is 3.83. The maximum Gasteiger partial charge on any atom is 0.149 e. The molecule has 2 aromatic carbocycles. The van der Waals surface area contributed by atoms with Crippen LogP contribution in [0.2, 0.25) is 0 Å². The number of hydrogen-bond donors (Lipinski definition) is 1. The third-order valence-corrected chi connectivity index (χ3v) is 2.62. The van der Waals surface area contributed by atoms with E-state index in [0.29, 0.717) is 0 Å². The molecule has 2 rings (SSSR count). The Hall–Kier alpha value is -2.17. The molecule has 0 saturated carbocycles. The molecule has 18 heavy (non-hydrogen) atoms. The number of benzene rings is 2. The van der Waals surface area contributed by atoms with E-state index in [2.05, 4.69) is 0 Å². The summed E-state index contributed by atoms with van der Waals surface area (Å²) in [6.45, 7) is 0. The van der Waals surface area contributed by atoms with Crippen LogP contribution in [0.3, 0.4) is 0 Å². The van der Waals surface area contributed by atoms with Crippen LogP contribution in [-0.2, 0) is 0 Å². The van der Waals surface area contributed by atoms with Gasteiger partial charge in [-0.25, -0.2) is 13.2 Å². The van der Waals surface area contributed by atoms with Crippen molar-refractivity contribution >= 4 is 17.1 Å². The van der Waals surface area contributed by atoms with Crippen LogP contribution in [0.1, 0.15) is 0 Å². The van der Waals surface area contributed by atoms with E-state index in [1.807, 2.05) is 0 Å². The van der Waals surface area contributed by atoms with E-state index < -0.39 is 17.5 Å². The van der Waals surface area contributed by atoms with E-state index in [0.717, 1.165) is 12.1 Å². The van der Waals surface area contributed by atoms with Gasteiger partial charge in [-0.1, -0.05) is 6.07 Å². The zero-order chi connectivity index (χ0) is 13.3. The lowest BCUT2D eigenvalue weighted by Gasteiger charge is -2.22. The van der Waals surface area contributed by atoms with Gasteiger partial charge >= 0.3 is 0 Å². The Morgan fingerprint density at radius 3 is 2.33 bits per heavy atom. The minimum absolute atomic E-state index is 0.0493.